The molecule has 0 aromatic heterocycles. The Bertz CT molecular complexity index is 4330. The fraction of sp³-hybridized carbons (Fsp3) is 0.695. The molecule has 4 aromatic rings. The van der Waals surface area contributed by atoms with Crippen molar-refractivity contribution in [1.29, 1.82) is 0 Å². The van der Waals surface area contributed by atoms with Gasteiger partial charge < -0.3 is 103 Å². The van der Waals surface area contributed by atoms with Gasteiger partial charge in [-0.3, -0.25) is 4.79 Å². The van der Waals surface area contributed by atoms with Crippen molar-refractivity contribution in [2.45, 2.75) is 327 Å². The van der Waals surface area contributed by atoms with Gasteiger partial charge in [-0.15, -0.1) is 0 Å². The number of ether oxygens (including phenoxy) is 12. The zero-order chi connectivity index (χ0) is 98.2. The minimum atomic E-state index is -2.76. The number of carboxylic acid groups (broad SMARTS) is 4. The number of hydrogen-bond acceptors (Lipinski definition) is 25. The fourth-order valence-electron chi connectivity index (χ4n) is 22.6. The van der Waals surface area contributed by atoms with Gasteiger partial charge in [-0.05, 0) is 300 Å². The van der Waals surface area contributed by atoms with Gasteiger partial charge in [-0.2, -0.15) is 0 Å². The van der Waals surface area contributed by atoms with E-state index in [0.29, 0.717) is 117 Å². The molecule has 29 nitrogen and oxygen atoms in total. The summed E-state index contributed by atoms with van der Waals surface area (Å²) in [6, 6.07) is 23.0. The SMILES string of the molecule is CCCCC[C@@H](CC[C@@H]1[C@H]2Cc3cccc(OCC(=O)O)c3C[C@H]2C[C@H]1O)OC(=O)CC.CCCCC[C@H](O)CC[C@@H]1[C@H]2Cc3cccc(OCC(=O)O)c3C[C@H]2C[C@H]1OC(=O)OCC(F)F.CCCCC[C@H](O)CC[C@@H]1[C@H]2Cc3cccc(OCC(=O)O)c3C[C@H]2C[C@H]1OC(=O)OCCO.CCCCC[C@H](O)CC[C@@H]1[C@H]2Cc3cccc(OCC(=O)O)c3C[C@H]2C[C@H]1OC(=O)OCCOC. The van der Waals surface area contributed by atoms with Gasteiger partial charge in [0.15, 0.2) is 33.0 Å². The second-order valence-corrected chi connectivity index (χ2v) is 38.4. The molecule has 0 radical (unpaired) electrons. The Hall–Kier alpha value is -9.14. The van der Waals surface area contributed by atoms with Crippen molar-refractivity contribution in [3.8, 4) is 23.0 Å². The van der Waals surface area contributed by atoms with Crippen LogP contribution in [-0.4, -0.2) is 216 Å². The average Bonchev–Trinajstić information content (AvgIpc) is 1.62. The second kappa shape index (κ2) is 58.0. The van der Waals surface area contributed by atoms with E-state index in [2.05, 4.69) is 50.6 Å². The first-order valence-electron chi connectivity index (χ1n) is 50.2. The summed E-state index contributed by atoms with van der Waals surface area (Å²) < 4.78 is 89.4. The molecule has 0 aliphatic heterocycles. The molecular formula is C105H152F2O29. The topological polar surface area (TPSA) is 429 Å². The highest BCUT2D eigenvalue weighted by Gasteiger charge is 2.52. The summed E-state index contributed by atoms with van der Waals surface area (Å²) in [5.41, 5.74) is 8.72. The molecule has 4 saturated carbocycles. The standard InChI is InChI=1S/C27H40O8.C26H36F2O7.C26H38O8.C26H38O6/c1-3-4-5-8-20(28)10-11-21-22-14-18-7-6-9-24(34-17-26(29)30)23(18)15-19(22)16-25(21)35-27(31)33-13-12-32-2;1-2-3-4-7-18(29)9-10-19-20-11-16-6-5-8-22(33-15-25(30)31)21(16)12-17(20)13-23(19)35-26(32)34-14-24(27)28;1-2-3-4-7-19(28)9-10-20-21-13-17-6-5-8-23(33-16-25(29)30)22(17)14-18(21)15-24(20)34-26(31)32-12-11-27;1-3-5-6-9-19(32-26(30)4-2)11-12-20-21-13-17-8-7-10-24(31-16-25(28)29)22(17)14-18(21)15-23(20)27/h6-7,9,19-22,25,28H,3-5,8,10-17H2,1-2H3,(H,29,30);5-6,8,17-20,23-24,29H,2-4,7,9-15H2,1H3,(H,30,31);5-6,8,18-21,24,27-28H,2-4,7,9-16H2,1H3,(H,29,30);7-8,10,18-21,23,27H,3-6,9,11-16H2,1-2H3,(H,28,29)/t19-,20-,21+,22-,25+;17-,18-,19+,20-,23+;18-,19-,20+,21-,24+;18-,19-,20+,21-,23+/m0000/s1. The summed E-state index contributed by atoms with van der Waals surface area (Å²) >= 11 is 0. The van der Waals surface area contributed by atoms with Gasteiger partial charge in [-0.25, -0.2) is 42.3 Å². The summed E-state index contributed by atoms with van der Waals surface area (Å²) in [6.07, 6.45) is 23.3. The minimum Gasteiger partial charge on any atom is -0.482 e. The van der Waals surface area contributed by atoms with E-state index in [-0.39, 0.29) is 130 Å². The first-order chi connectivity index (χ1) is 65.5. The van der Waals surface area contributed by atoms with Gasteiger partial charge in [0.1, 0.15) is 60.6 Å². The molecule has 4 fully saturated rings. The Morgan fingerprint density at radius 3 is 1.01 bits per heavy atom. The molecule has 136 heavy (non-hydrogen) atoms. The van der Waals surface area contributed by atoms with Crippen LogP contribution in [0.5, 0.6) is 23.0 Å². The Balaban J connectivity index is 0.000000203. The maximum Gasteiger partial charge on any atom is 0.508 e. The summed E-state index contributed by atoms with van der Waals surface area (Å²) in [5, 5.41) is 87.2. The third kappa shape index (κ3) is 34.7. The molecule has 8 aliphatic rings. The number of carbonyl (C=O) groups excluding carboxylic acids is 4. The molecule has 0 heterocycles. The number of rotatable bonds is 52. The third-order valence-corrected chi connectivity index (χ3v) is 29.1. The van der Waals surface area contributed by atoms with Gasteiger partial charge in [0, 0.05) is 13.5 Å². The first kappa shape index (κ1) is 110. The van der Waals surface area contributed by atoms with Crippen molar-refractivity contribution in [2.24, 2.45) is 71.0 Å². The molecule has 0 bridgehead atoms. The second-order valence-electron chi connectivity index (χ2n) is 38.4. The van der Waals surface area contributed by atoms with Gasteiger partial charge in [0.25, 0.3) is 6.43 Å². The number of fused-ring (bicyclic) bond motifs is 8. The Morgan fingerprint density at radius 1 is 0.382 bits per heavy atom. The smallest absolute Gasteiger partial charge is 0.482 e. The largest absolute Gasteiger partial charge is 0.508 e. The highest BCUT2D eigenvalue weighted by molar-refractivity contribution is 5.71. The van der Waals surface area contributed by atoms with E-state index in [1.165, 1.54) is 5.56 Å². The maximum atomic E-state index is 12.5. The number of aliphatic carboxylic acids is 4. The number of aliphatic hydroxyl groups is 5. The van der Waals surface area contributed by atoms with Crippen LogP contribution in [0.3, 0.4) is 0 Å². The van der Waals surface area contributed by atoms with Crippen LogP contribution in [0.15, 0.2) is 72.8 Å². The van der Waals surface area contributed by atoms with Crippen LogP contribution in [0.1, 0.15) is 265 Å². The number of carbonyl (C=O) groups is 8. The number of halogens is 2. The Morgan fingerprint density at radius 2 is 0.699 bits per heavy atom. The summed E-state index contributed by atoms with van der Waals surface area (Å²) in [6.45, 7) is 7.96. The Kier molecular flexibility index (Phi) is 47.2. The lowest BCUT2D eigenvalue weighted by atomic mass is 9.73. The van der Waals surface area contributed by atoms with Crippen molar-refractivity contribution in [3.05, 3.63) is 117 Å². The zero-order valence-electron chi connectivity index (χ0n) is 80.5. The van der Waals surface area contributed by atoms with Crippen molar-refractivity contribution in [1.82, 2.24) is 0 Å². The molecule has 4 aromatic carbocycles. The van der Waals surface area contributed by atoms with E-state index in [0.717, 1.165) is 212 Å². The normalized spacial score (nSPS) is 24.2. The first-order valence-corrected chi connectivity index (χ1v) is 50.2. The minimum absolute atomic E-state index is 0.0309. The van der Waals surface area contributed by atoms with Crippen LogP contribution in [0.2, 0.25) is 0 Å². The highest BCUT2D eigenvalue weighted by Crippen LogP contribution is 2.55. The summed E-state index contributed by atoms with van der Waals surface area (Å²) in [4.78, 5) is 92.3. The highest BCUT2D eigenvalue weighted by atomic mass is 19.3. The van der Waals surface area contributed by atoms with E-state index >= 15 is 0 Å². The lowest BCUT2D eigenvalue weighted by molar-refractivity contribution is -0.150. The predicted molar refractivity (Wildman–Crippen MR) is 500 cm³/mol. The number of carboxylic acids is 4. The molecular weight excluding hydrogens is 1760 g/mol. The van der Waals surface area contributed by atoms with E-state index in [1.54, 1.807) is 19.2 Å². The fourth-order valence-corrected chi connectivity index (χ4v) is 22.6. The quantitative estimate of drug-likeness (QED) is 0.0113. The zero-order valence-corrected chi connectivity index (χ0v) is 80.5. The van der Waals surface area contributed by atoms with Crippen LogP contribution >= 0.6 is 0 Å². The van der Waals surface area contributed by atoms with Crippen molar-refractivity contribution < 1.29 is 150 Å². The van der Waals surface area contributed by atoms with Gasteiger partial charge in [-0.1, -0.05) is 154 Å². The lowest BCUT2D eigenvalue weighted by Gasteiger charge is -2.32. The van der Waals surface area contributed by atoms with Crippen LogP contribution < -0.4 is 18.9 Å². The van der Waals surface area contributed by atoms with E-state index in [9.17, 15) is 67.6 Å². The molecule has 12 rings (SSSR count). The van der Waals surface area contributed by atoms with Crippen molar-refractivity contribution >= 4 is 48.3 Å². The number of aliphatic hydroxyl groups excluding tert-OH is 5. The monoisotopic (exact) mass is 1920 g/mol. The van der Waals surface area contributed by atoms with E-state index < -0.39 is 74.2 Å². The van der Waals surface area contributed by atoms with Crippen LogP contribution in [0, 0.1) is 71.0 Å². The summed E-state index contributed by atoms with van der Waals surface area (Å²) in [5.74, 6) is 0.910. The Labute approximate surface area is 799 Å². The summed E-state index contributed by atoms with van der Waals surface area (Å²) in [7, 11) is 1.55. The number of benzene rings is 4. The maximum absolute atomic E-state index is 12.5. The molecule has 760 valence electrons. The van der Waals surface area contributed by atoms with Gasteiger partial charge in [0.05, 0.1) is 37.6 Å². The van der Waals surface area contributed by atoms with Gasteiger partial charge in [0.2, 0.25) is 0 Å². The number of methoxy groups -OCH3 is 1. The van der Waals surface area contributed by atoms with Gasteiger partial charge >= 0.3 is 48.3 Å². The molecule has 20 atom stereocenters. The molecule has 0 amide bonds. The van der Waals surface area contributed by atoms with Crippen molar-refractivity contribution in [2.75, 3.05) is 66.6 Å². The van der Waals surface area contributed by atoms with Crippen LogP contribution in [-0.2, 0) is 113 Å². The molecule has 8 aliphatic carbocycles. The number of hydrogen-bond donors (Lipinski definition) is 9. The number of alkyl halides is 2. The molecule has 0 unspecified atom stereocenters. The number of esters is 1. The van der Waals surface area contributed by atoms with Crippen LogP contribution in [0.25, 0.3) is 0 Å². The van der Waals surface area contributed by atoms with E-state index in [1.807, 2.05) is 49.4 Å². The molecule has 0 spiro atoms. The predicted octanol–water partition coefficient (Wildman–Crippen LogP) is 17.7. The average molecular weight is 1920 g/mol. The molecule has 31 heteroatoms. The molecule has 9 N–H and O–H groups in total. The number of unbranched alkanes of at least 4 members (excludes halogenated alkanes) is 8. The van der Waals surface area contributed by atoms with Crippen LogP contribution in [0.4, 0.5) is 23.2 Å². The van der Waals surface area contributed by atoms with E-state index in [4.69, 9.17) is 77.6 Å². The molecule has 0 saturated heterocycles. The van der Waals surface area contributed by atoms with Crippen molar-refractivity contribution in [3.63, 3.8) is 0 Å². The lowest BCUT2D eigenvalue weighted by Crippen LogP contribution is -2.30. The third-order valence-electron chi connectivity index (χ3n) is 29.1.